The molecule has 2 bridgehead atoms. The number of nitrogens with zero attached hydrogens (tertiary/aromatic N) is 2. The van der Waals surface area contributed by atoms with Gasteiger partial charge in [0.15, 0.2) is 0 Å². The van der Waals surface area contributed by atoms with E-state index < -0.39 is 27.2 Å². The molecule has 3 atom stereocenters. The quantitative estimate of drug-likeness (QED) is 0.478. The normalized spacial score (nSPS) is 28.6. The molecule has 0 heterocycles. The van der Waals surface area contributed by atoms with Gasteiger partial charge in [-0.3, -0.25) is 20.2 Å². The maximum Gasteiger partial charge on any atom is 0.338 e. The van der Waals surface area contributed by atoms with Crippen molar-refractivity contribution in [3.05, 3.63) is 44.0 Å². The van der Waals surface area contributed by atoms with Gasteiger partial charge in [0, 0.05) is 17.5 Å². The third-order valence-corrected chi connectivity index (χ3v) is 5.01. The molecule has 3 rings (SSSR count). The molecule has 0 aliphatic heterocycles. The minimum absolute atomic E-state index is 0.0486. The number of esters is 1. The Morgan fingerprint density at radius 3 is 2.26 bits per heavy atom. The van der Waals surface area contributed by atoms with Crippen LogP contribution in [-0.2, 0) is 4.74 Å². The highest BCUT2D eigenvalue weighted by atomic mass is 16.6. The van der Waals surface area contributed by atoms with E-state index in [1.807, 2.05) is 0 Å². The lowest BCUT2D eigenvalue weighted by Crippen LogP contribution is -2.32. The Hall–Kier alpha value is -2.51. The highest BCUT2D eigenvalue weighted by Gasteiger charge is 2.50. The van der Waals surface area contributed by atoms with Crippen molar-refractivity contribution >= 4 is 17.3 Å². The Morgan fingerprint density at radius 1 is 1.22 bits per heavy atom. The summed E-state index contributed by atoms with van der Waals surface area (Å²) in [6.45, 7) is 2.08. The van der Waals surface area contributed by atoms with Gasteiger partial charge in [-0.2, -0.15) is 0 Å². The molecule has 0 N–H and O–H groups in total. The van der Waals surface area contributed by atoms with Gasteiger partial charge < -0.3 is 4.74 Å². The van der Waals surface area contributed by atoms with Crippen LogP contribution in [0.5, 0.6) is 0 Å². The smallest absolute Gasteiger partial charge is 0.338 e. The first-order chi connectivity index (χ1) is 10.8. The van der Waals surface area contributed by atoms with Crippen LogP contribution in [0.25, 0.3) is 0 Å². The van der Waals surface area contributed by atoms with Gasteiger partial charge in [-0.05, 0) is 31.6 Å². The Kier molecular flexibility index (Phi) is 3.54. The van der Waals surface area contributed by atoms with Gasteiger partial charge in [0.05, 0.1) is 21.5 Å². The Bertz CT molecular complexity index is 671. The van der Waals surface area contributed by atoms with E-state index in [9.17, 15) is 25.0 Å². The number of nitro benzene ring substituents is 2. The molecule has 0 spiro atoms. The Labute approximate surface area is 131 Å². The van der Waals surface area contributed by atoms with Crippen LogP contribution < -0.4 is 0 Å². The van der Waals surface area contributed by atoms with Crippen LogP contribution in [0.2, 0.25) is 0 Å². The van der Waals surface area contributed by atoms with Gasteiger partial charge in [0.2, 0.25) is 0 Å². The number of nitro groups is 2. The fourth-order valence-electron chi connectivity index (χ4n) is 3.79. The number of rotatable bonds is 4. The number of carbonyl (C=O) groups excluding carboxylic acids is 1. The fourth-order valence-corrected chi connectivity index (χ4v) is 3.79. The van der Waals surface area contributed by atoms with E-state index in [4.69, 9.17) is 4.74 Å². The lowest BCUT2D eigenvalue weighted by molar-refractivity contribution is -0.394. The largest absolute Gasteiger partial charge is 0.458 e. The van der Waals surface area contributed by atoms with Crippen LogP contribution in [-0.4, -0.2) is 21.9 Å². The molecule has 0 amide bonds. The molecule has 1 aromatic carbocycles. The number of carbonyl (C=O) groups is 1. The lowest BCUT2D eigenvalue weighted by Gasteiger charge is -2.30. The van der Waals surface area contributed by atoms with Crippen LogP contribution in [0.4, 0.5) is 11.4 Å². The minimum atomic E-state index is -0.761. The first kappa shape index (κ1) is 15.4. The number of hydrogen-bond donors (Lipinski definition) is 0. The maximum absolute atomic E-state index is 12.3. The van der Waals surface area contributed by atoms with Gasteiger partial charge in [-0.1, -0.05) is 6.92 Å². The molecule has 0 saturated heterocycles. The van der Waals surface area contributed by atoms with Crippen LogP contribution in [0.3, 0.4) is 0 Å². The maximum atomic E-state index is 12.3. The highest BCUT2D eigenvalue weighted by molar-refractivity contribution is 5.91. The van der Waals surface area contributed by atoms with Crippen molar-refractivity contribution in [2.24, 2.45) is 11.3 Å². The number of ether oxygens (including phenoxy) is 1. The molecule has 0 unspecified atom stereocenters. The summed E-state index contributed by atoms with van der Waals surface area (Å²) >= 11 is 0. The van der Waals surface area contributed by atoms with Crippen molar-refractivity contribution in [1.29, 1.82) is 0 Å². The number of fused-ring (bicyclic) bond motifs is 2. The third-order valence-electron chi connectivity index (χ3n) is 5.01. The van der Waals surface area contributed by atoms with Crippen LogP contribution in [0.15, 0.2) is 18.2 Å². The van der Waals surface area contributed by atoms with Crippen molar-refractivity contribution in [1.82, 2.24) is 0 Å². The van der Waals surface area contributed by atoms with Crippen LogP contribution in [0.1, 0.15) is 43.0 Å². The second kappa shape index (κ2) is 5.29. The minimum Gasteiger partial charge on any atom is -0.458 e. The highest BCUT2D eigenvalue weighted by Crippen LogP contribution is 2.55. The average molecular weight is 320 g/mol. The van der Waals surface area contributed by atoms with Gasteiger partial charge in [-0.15, -0.1) is 0 Å². The standard InChI is InChI=1S/C15H16N2O6/c1-15-3-2-9(8-15)4-13(15)23-14(18)10-5-11(16(19)20)7-12(6-10)17(21)22/h5-7,9,13H,2-4,8H2,1H3/t9-,13-,15+/m0/s1. The number of benzene rings is 1. The summed E-state index contributed by atoms with van der Waals surface area (Å²) in [4.78, 5) is 32.5. The monoisotopic (exact) mass is 320 g/mol. The molecule has 2 aliphatic carbocycles. The Morgan fingerprint density at radius 2 is 1.83 bits per heavy atom. The zero-order valence-electron chi connectivity index (χ0n) is 12.6. The molecule has 8 heteroatoms. The third kappa shape index (κ3) is 2.76. The molecule has 122 valence electrons. The van der Waals surface area contributed by atoms with Crippen molar-refractivity contribution in [2.45, 2.75) is 38.7 Å². The van der Waals surface area contributed by atoms with E-state index in [1.165, 1.54) is 0 Å². The van der Waals surface area contributed by atoms with Crippen LogP contribution >= 0.6 is 0 Å². The SMILES string of the molecule is C[C@]12CC[C@@H](C[C@@H]1OC(=O)c1cc([N+](=O)[O-])cc([N+](=O)[O-])c1)C2. The van der Waals surface area contributed by atoms with Crippen molar-refractivity contribution in [3.8, 4) is 0 Å². The summed E-state index contributed by atoms with van der Waals surface area (Å²) in [6, 6.07) is 2.87. The summed E-state index contributed by atoms with van der Waals surface area (Å²) in [5.41, 5.74) is -1.19. The zero-order valence-corrected chi connectivity index (χ0v) is 12.6. The molecule has 2 saturated carbocycles. The van der Waals surface area contributed by atoms with Crippen molar-refractivity contribution in [2.75, 3.05) is 0 Å². The van der Waals surface area contributed by atoms with E-state index in [-0.39, 0.29) is 17.1 Å². The number of non-ortho nitro benzene ring substituents is 2. The van der Waals surface area contributed by atoms with E-state index in [2.05, 4.69) is 6.92 Å². The first-order valence-electron chi connectivity index (χ1n) is 7.43. The first-order valence-corrected chi connectivity index (χ1v) is 7.43. The second-order valence-electron chi connectivity index (χ2n) is 6.64. The molecule has 23 heavy (non-hydrogen) atoms. The topological polar surface area (TPSA) is 113 Å². The van der Waals surface area contributed by atoms with Crippen molar-refractivity contribution < 1.29 is 19.4 Å². The molecule has 2 aliphatic rings. The van der Waals surface area contributed by atoms with Gasteiger partial charge in [0.25, 0.3) is 11.4 Å². The summed E-state index contributed by atoms with van der Waals surface area (Å²) in [7, 11) is 0. The molecule has 0 radical (unpaired) electrons. The number of hydrogen-bond acceptors (Lipinski definition) is 6. The molecule has 0 aromatic heterocycles. The molecule has 8 nitrogen and oxygen atoms in total. The fraction of sp³-hybridized carbons (Fsp3) is 0.533. The van der Waals surface area contributed by atoms with Crippen LogP contribution in [0, 0.1) is 31.6 Å². The van der Waals surface area contributed by atoms with Gasteiger partial charge >= 0.3 is 5.97 Å². The van der Waals surface area contributed by atoms with Crippen molar-refractivity contribution in [3.63, 3.8) is 0 Å². The van der Waals surface area contributed by atoms with E-state index >= 15 is 0 Å². The summed E-state index contributed by atoms with van der Waals surface area (Å²) in [6.07, 6.45) is 3.70. The molecule has 1 aromatic rings. The lowest BCUT2D eigenvalue weighted by atomic mass is 9.84. The second-order valence-corrected chi connectivity index (χ2v) is 6.64. The van der Waals surface area contributed by atoms with E-state index in [0.717, 1.165) is 43.9 Å². The average Bonchev–Trinajstić information content (AvgIpc) is 3.01. The predicted octanol–water partition coefficient (Wildman–Crippen LogP) is 3.24. The molecular weight excluding hydrogens is 304 g/mol. The summed E-state index contributed by atoms with van der Waals surface area (Å²) in [5, 5.41) is 21.8. The predicted molar refractivity (Wildman–Crippen MR) is 79.0 cm³/mol. The van der Waals surface area contributed by atoms with E-state index in [1.54, 1.807) is 0 Å². The Balaban J connectivity index is 1.84. The van der Waals surface area contributed by atoms with Gasteiger partial charge in [-0.25, -0.2) is 4.79 Å². The molecule has 2 fully saturated rings. The zero-order chi connectivity index (χ0) is 16.8. The molecular formula is C15H16N2O6. The summed E-state index contributed by atoms with van der Waals surface area (Å²) < 4.78 is 5.52. The summed E-state index contributed by atoms with van der Waals surface area (Å²) in [5.74, 6) is -0.187. The van der Waals surface area contributed by atoms with E-state index in [0.29, 0.717) is 5.92 Å². The van der Waals surface area contributed by atoms with Gasteiger partial charge in [0.1, 0.15) is 6.10 Å².